The Kier molecular flexibility index (Phi) is 6.81. The quantitative estimate of drug-likeness (QED) is 0.136. The van der Waals surface area contributed by atoms with Crippen molar-refractivity contribution in [3.8, 4) is 23.0 Å². The van der Waals surface area contributed by atoms with E-state index in [9.17, 15) is 34.2 Å². The summed E-state index contributed by atoms with van der Waals surface area (Å²) >= 11 is 0. The Morgan fingerprint density at radius 1 is 0.848 bits per heavy atom. The zero-order valence-corrected chi connectivity index (χ0v) is 26.4. The van der Waals surface area contributed by atoms with E-state index in [0.29, 0.717) is 12.0 Å². The first-order chi connectivity index (χ1) is 21.5. The number of rotatable bonds is 4. The van der Waals surface area contributed by atoms with Gasteiger partial charge in [-0.3, -0.25) is 24.6 Å². The molecule has 3 aliphatic rings. The van der Waals surface area contributed by atoms with Crippen molar-refractivity contribution in [3.05, 3.63) is 75.8 Å². The average Bonchev–Trinajstić information content (AvgIpc) is 3.26. The molecule has 46 heavy (non-hydrogen) atoms. The van der Waals surface area contributed by atoms with Crippen molar-refractivity contribution in [2.45, 2.75) is 66.4 Å². The van der Waals surface area contributed by atoms with Gasteiger partial charge in [0.1, 0.15) is 17.2 Å². The number of phenolic OH excluding ortho intramolecular Hbond substituents is 2. The summed E-state index contributed by atoms with van der Waals surface area (Å²) < 4.78 is 12.6. The van der Waals surface area contributed by atoms with Crippen molar-refractivity contribution < 1.29 is 43.7 Å². The number of hydrogen-bond acceptors (Lipinski definition) is 10. The third-order valence-corrected chi connectivity index (χ3v) is 8.43. The standard InChI is InChI=1S/C35H34N2O9/c1-33(2,3)30(42)24-25(31(43)34(4,5)6)28(41)27(36-37-22(39)12-9-13-23(37)40)29-26(24)35(20-15-14-17(38)16-21(20)45-29)19-11-8-7-10-18(19)32(44)46-35/h7-8,10-11,14-16,36,38,41H,9,12-13H2,1-6H3. The Hall–Kier alpha value is -5.19. The summed E-state index contributed by atoms with van der Waals surface area (Å²) in [5.74, 6) is -4.23. The first kappa shape index (κ1) is 30.8. The van der Waals surface area contributed by atoms with Crippen molar-refractivity contribution >= 4 is 35.0 Å². The highest BCUT2D eigenvalue weighted by molar-refractivity contribution is 6.17. The van der Waals surface area contributed by atoms with Gasteiger partial charge in [0.05, 0.1) is 16.7 Å². The largest absolute Gasteiger partial charge is 0.508 e. The lowest BCUT2D eigenvalue weighted by molar-refractivity contribution is -0.146. The van der Waals surface area contributed by atoms with E-state index in [1.807, 2.05) is 0 Å². The first-order valence-corrected chi connectivity index (χ1v) is 15.0. The summed E-state index contributed by atoms with van der Waals surface area (Å²) in [5, 5.41) is 23.3. The normalized spacial score (nSPS) is 18.8. The van der Waals surface area contributed by atoms with Crippen LogP contribution in [0.3, 0.4) is 0 Å². The molecule has 3 aliphatic heterocycles. The molecule has 2 amide bonds. The third kappa shape index (κ3) is 4.44. The summed E-state index contributed by atoms with van der Waals surface area (Å²) in [6.45, 7) is 9.83. The molecule has 1 saturated heterocycles. The second kappa shape index (κ2) is 10.2. The minimum Gasteiger partial charge on any atom is -0.508 e. The number of benzene rings is 3. The van der Waals surface area contributed by atoms with Gasteiger partial charge in [-0.25, -0.2) is 4.79 Å². The number of hydrazine groups is 1. The van der Waals surface area contributed by atoms with E-state index in [-0.39, 0.29) is 63.6 Å². The molecule has 0 bridgehead atoms. The number of piperidine rings is 1. The van der Waals surface area contributed by atoms with Gasteiger partial charge in [0.25, 0.3) is 0 Å². The predicted molar refractivity (Wildman–Crippen MR) is 165 cm³/mol. The molecule has 3 heterocycles. The molecular formula is C35H34N2O9. The molecule has 11 nitrogen and oxygen atoms in total. The maximum absolute atomic E-state index is 14.6. The molecule has 11 heteroatoms. The highest BCUT2D eigenvalue weighted by Gasteiger charge is 2.58. The van der Waals surface area contributed by atoms with Crippen LogP contribution < -0.4 is 10.2 Å². The van der Waals surface area contributed by atoms with Crippen LogP contribution in [0.1, 0.15) is 109 Å². The van der Waals surface area contributed by atoms with Crippen LogP contribution in [0.4, 0.5) is 5.69 Å². The Balaban J connectivity index is 1.84. The molecule has 3 aromatic rings. The number of anilines is 1. The van der Waals surface area contributed by atoms with E-state index in [0.717, 1.165) is 5.01 Å². The summed E-state index contributed by atoms with van der Waals surface area (Å²) in [6.07, 6.45) is 0.427. The van der Waals surface area contributed by atoms with Gasteiger partial charge in [-0.15, -0.1) is 0 Å². The van der Waals surface area contributed by atoms with Gasteiger partial charge < -0.3 is 19.7 Å². The molecule has 0 aromatic heterocycles. The summed E-state index contributed by atoms with van der Waals surface area (Å²) in [7, 11) is 0. The fourth-order valence-corrected chi connectivity index (χ4v) is 6.18. The minimum atomic E-state index is -1.91. The number of esters is 1. The van der Waals surface area contributed by atoms with Gasteiger partial charge in [0, 0.05) is 46.4 Å². The van der Waals surface area contributed by atoms with Gasteiger partial charge >= 0.3 is 5.97 Å². The summed E-state index contributed by atoms with van der Waals surface area (Å²) in [6, 6.07) is 10.7. The van der Waals surface area contributed by atoms with E-state index in [1.165, 1.54) is 18.2 Å². The Morgan fingerprint density at radius 3 is 2.09 bits per heavy atom. The predicted octanol–water partition coefficient (Wildman–Crippen LogP) is 5.99. The van der Waals surface area contributed by atoms with E-state index >= 15 is 0 Å². The van der Waals surface area contributed by atoms with Crippen molar-refractivity contribution in [2.24, 2.45) is 10.8 Å². The molecule has 1 atom stereocenters. The fraction of sp³-hybridized carbons (Fsp3) is 0.343. The minimum absolute atomic E-state index is 0.0137. The monoisotopic (exact) mass is 626 g/mol. The van der Waals surface area contributed by atoms with Gasteiger partial charge in [0.15, 0.2) is 28.7 Å². The van der Waals surface area contributed by atoms with Crippen LogP contribution in [-0.2, 0) is 19.9 Å². The average molecular weight is 627 g/mol. The number of carbonyl (C=O) groups is 5. The van der Waals surface area contributed by atoms with Crippen molar-refractivity contribution in [3.63, 3.8) is 0 Å². The lowest BCUT2D eigenvalue weighted by Crippen LogP contribution is -2.45. The number of amides is 2. The van der Waals surface area contributed by atoms with Gasteiger partial charge in [0.2, 0.25) is 11.8 Å². The van der Waals surface area contributed by atoms with E-state index < -0.39 is 51.5 Å². The van der Waals surface area contributed by atoms with Crippen LogP contribution in [0.2, 0.25) is 0 Å². The second-order valence-corrected chi connectivity index (χ2v) is 13.8. The molecule has 0 aliphatic carbocycles. The van der Waals surface area contributed by atoms with Crippen LogP contribution in [0.15, 0.2) is 42.5 Å². The number of Topliss-reactive ketones (excluding diaryl/α,β-unsaturated/α-hetero) is 2. The topological polar surface area (TPSA) is 160 Å². The molecule has 0 saturated carbocycles. The SMILES string of the molecule is CC(C)(C)C(=O)c1c(O)c(NN2C(=O)CCCC2=O)c2c(c1C(=O)C(C)(C)C)C1(OC(=O)c3ccccc31)c1ccc(O)cc1O2. The highest BCUT2D eigenvalue weighted by atomic mass is 16.6. The van der Waals surface area contributed by atoms with Crippen LogP contribution in [0.25, 0.3) is 0 Å². The van der Waals surface area contributed by atoms with E-state index in [4.69, 9.17) is 9.47 Å². The number of ketones is 2. The molecule has 0 radical (unpaired) electrons. The Bertz CT molecular complexity index is 1880. The van der Waals surface area contributed by atoms with Gasteiger partial charge in [-0.1, -0.05) is 59.7 Å². The lowest BCUT2D eigenvalue weighted by Gasteiger charge is -2.41. The number of nitrogens with one attached hydrogen (secondary N) is 1. The second-order valence-electron chi connectivity index (χ2n) is 13.8. The first-order valence-electron chi connectivity index (χ1n) is 15.0. The maximum Gasteiger partial charge on any atom is 0.340 e. The summed E-state index contributed by atoms with van der Waals surface area (Å²) in [4.78, 5) is 68.5. The molecule has 1 unspecified atom stereocenters. The number of nitrogens with zero attached hydrogens (tertiary/aromatic N) is 1. The van der Waals surface area contributed by atoms with Gasteiger partial charge in [-0.05, 0) is 24.6 Å². The van der Waals surface area contributed by atoms with Crippen molar-refractivity contribution in [1.82, 2.24) is 5.01 Å². The Labute approximate surface area is 265 Å². The van der Waals surface area contributed by atoms with Crippen LogP contribution in [0, 0.1) is 10.8 Å². The molecule has 238 valence electrons. The maximum atomic E-state index is 14.6. The third-order valence-electron chi connectivity index (χ3n) is 8.43. The zero-order valence-electron chi connectivity index (χ0n) is 26.4. The molecule has 6 rings (SSSR count). The zero-order chi connectivity index (χ0) is 33.5. The Morgan fingerprint density at radius 2 is 1.46 bits per heavy atom. The summed E-state index contributed by atoms with van der Waals surface area (Å²) in [5.41, 5.74) is -1.72. The number of ether oxygens (including phenoxy) is 2. The number of phenols is 2. The number of hydrogen-bond donors (Lipinski definition) is 3. The van der Waals surface area contributed by atoms with E-state index in [1.54, 1.807) is 65.8 Å². The van der Waals surface area contributed by atoms with Crippen molar-refractivity contribution in [1.29, 1.82) is 0 Å². The molecule has 3 N–H and O–H groups in total. The van der Waals surface area contributed by atoms with Crippen LogP contribution in [0.5, 0.6) is 23.0 Å². The number of imide groups is 1. The van der Waals surface area contributed by atoms with Gasteiger partial charge in [-0.2, -0.15) is 5.01 Å². The molecular weight excluding hydrogens is 592 g/mol. The highest BCUT2D eigenvalue weighted by Crippen LogP contribution is 2.62. The number of aromatic hydroxyl groups is 2. The fourth-order valence-electron chi connectivity index (χ4n) is 6.18. The molecule has 3 aromatic carbocycles. The van der Waals surface area contributed by atoms with Crippen LogP contribution >= 0.6 is 0 Å². The molecule has 1 spiro atoms. The van der Waals surface area contributed by atoms with Crippen LogP contribution in [-0.4, -0.2) is 44.6 Å². The van der Waals surface area contributed by atoms with E-state index in [2.05, 4.69) is 5.43 Å². The lowest BCUT2D eigenvalue weighted by atomic mass is 9.69. The number of fused-ring (bicyclic) bond motifs is 6. The smallest absolute Gasteiger partial charge is 0.340 e. The number of carbonyl (C=O) groups excluding carboxylic acids is 5. The van der Waals surface area contributed by atoms with Crippen molar-refractivity contribution in [2.75, 3.05) is 5.43 Å². The molecule has 1 fully saturated rings.